The Balaban J connectivity index is 1.97. The molecule has 4 rings (SSSR count). The molecule has 2 aliphatic rings. The highest BCUT2D eigenvalue weighted by Crippen LogP contribution is 2.43. The second-order valence-corrected chi connectivity index (χ2v) is 6.28. The van der Waals surface area contributed by atoms with Gasteiger partial charge in [0, 0.05) is 18.3 Å². The zero-order chi connectivity index (χ0) is 19.1. The zero-order valence-electron chi connectivity index (χ0n) is 14.6. The summed E-state index contributed by atoms with van der Waals surface area (Å²) in [7, 11) is 0. The number of aliphatic hydroxyl groups is 1. The molecule has 3 N–H and O–H groups in total. The van der Waals surface area contributed by atoms with Crippen molar-refractivity contribution in [1.82, 2.24) is 4.57 Å². The third kappa shape index (κ3) is 2.60. The molecule has 2 aromatic rings. The maximum atomic E-state index is 13.2. The standard InChI is InChI=1S/C19H17N3O5/c1-10-6-15-17(19(24)22(10)4-5-23)16(12(8-20)18(21)27-15)11-2-3-13-14(7-11)26-9-25-13/h2-3,6-7,16,23H,4-5,9,21H2,1H3. The van der Waals surface area contributed by atoms with Crippen molar-refractivity contribution in [1.29, 1.82) is 5.26 Å². The van der Waals surface area contributed by atoms with Gasteiger partial charge in [-0.05, 0) is 24.6 Å². The van der Waals surface area contributed by atoms with Crippen molar-refractivity contribution in [3.05, 3.63) is 62.9 Å². The normalized spacial score (nSPS) is 17.3. The Labute approximate surface area is 154 Å². The number of aromatic nitrogens is 1. The summed E-state index contributed by atoms with van der Waals surface area (Å²) in [5, 5.41) is 19.0. The first-order chi connectivity index (χ1) is 13.0. The van der Waals surface area contributed by atoms with Gasteiger partial charge in [0.15, 0.2) is 11.5 Å². The summed E-state index contributed by atoms with van der Waals surface area (Å²) < 4.78 is 17.8. The molecule has 0 spiro atoms. The smallest absolute Gasteiger partial charge is 0.258 e. The minimum absolute atomic E-state index is 0.0358. The first kappa shape index (κ1) is 17.0. The van der Waals surface area contributed by atoms with E-state index in [0.717, 1.165) is 0 Å². The lowest BCUT2D eigenvalue weighted by Gasteiger charge is -2.27. The summed E-state index contributed by atoms with van der Waals surface area (Å²) in [6.07, 6.45) is 0. The van der Waals surface area contributed by atoms with Crippen molar-refractivity contribution in [2.24, 2.45) is 5.73 Å². The maximum Gasteiger partial charge on any atom is 0.258 e. The van der Waals surface area contributed by atoms with Gasteiger partial charge >= 0.3 is 0 Å². The third-order valence-electron chi connectivity index (χ3n) is 4.74. The molecule has 0 saturated carbocycles. The molecule has 2 aliphatic heterocycles. The maximum absolute atomic E-state index is 13.2. The van der Waals surface area contributed by atoms with Gasteiger partial charge in [-0.3, -0.25) is 4.79 Å². The van der Waals surface area contributed by atoms with E-state index in [9.17, 15) is 15.2 Å². The second-order valence-electron chi connectivity index (χ2n) is 6.28. The van der Waals surface area contributed by atoms with Crippen LogP contribution in [0.1, 0.15) is 22.7 Å². The highest BCUT2D eigenvalue weighted by molar-refractivity contribution is 5.57. The summed E-state index contributed by atoms with van der Waals surface area (Å²) in [4.78, 5) is 13.2. The van der Waals surface area contributed by atoms with Crippen molar-refractivity contribution >= 4 is 0 Å². The lowest BCUT2D eigenvalue weighted by atomic mass is 9.84. The molecule has 0 saturated heterocycles. The van der Waals surface area contributed by atoms with Crippen LogP contribution in [-0.4, -0.2) is 23.1 Å². The zero-order valence-corrected chi connectivity index (χ0v) is 14.6. The largest absolute Gasteiger partial charge is 0.454 e. The molecule has 27 heavy (non-hydrogen) atoms. The second kappa shape index (κ2) is 6.37. The minimum atomic E-state index is -0.703. The van der Waals surface area contributed by atoms with Crippen LogP contribution in [0.4, 0.5) is 0 Å². The number of aliphatic hydroxyl groups excluding tert-OH is 1. The predicted octanol–water partition coefficient (Wildman–Crippen LogP) is 1.10. The fourth-order valence-electron chi connectivity index (χ4n) is 3.49. The average Bonchev–Trinajstić information content (AvgIpc) is 3.11. The van der Waals surface area contributed by atoms with Gasteiger partial charge in [-0.15, -0.1) is 0 Å². The van der Waals surface area contributed by atoms with Crippen LogP contribution in [0, 0.1) is 18.3 Å². The fourth-order valence-corrected chi connectivity index (χ4v) is 3.49. The van der Waals surface area contributed by atoms with Crippen LogP contribution in [0.2, 0.25) is 0 Å². The Kier molecular flexibility index (Phi) is 4.01. The van der Waals surface area contributed by atoms with Crippen molar-refractivity contribution < 1.29 is 19.3 Å². The van der Waals surface area contributed by atoms with E-state index in [1.54, 1.807) is 31.2 Å². The van der Waals surface area contributed by atoms with Gasteiger partial charge in [-0.25, -0.2) is 0 Å². The molecule has 1 unspecified atom stereocenters. The molecule has 138 valence electrons. The Morgan fingerprint density at radius 2 is 2.07 bits per heavy atom. The van der Waals surface area contributed by atoms with Gasteiger partial charge in [-0.2, -0.15) is 5.26 Å². The summed E-state index contributed by atoms with van der Waals surface area (Å²) in [5.41, 5.74) is 7.39. The van der Waals surface area contributed by atoms with Gasteiger partial charge < -0.3 is 29.6 Å². The van der Waals surface area contributed by atoms with E-state index in [1.807, 2.05) is 0 Å². The number of allylic oxidation sites excluding steroid dienone is 1. The van der Waals surface area contributed by atoms with Crippen LogP contribution < -0.4 is 25.5 Å². The lowest BCUT2D eigenvalue weighted by Crippen LogP contribution is -2.33. The van der Waals surface area contributed by atoms with E-state index in [2.05, 4.69) is 6.07 Å². The number of benzene rings is 1. The van der Waals surface area contributed by atoms with Gasteiger partial charge in [0.25, 0.3) is 5.56 Å². The Bertz CT molecular complexity index is 1060. The van der Waals surface area contributed by atoms with Crippen LogP contribution in [-0.2, 0) is 6.54 Å². The predicted molar refractivity (Wildman–Crippen MR) is 94.4 cm³/mol. The van der Waals surface area contributed by atoms with Gasteiger partial charge in [0.2, 0.25) is 12.7 Å². The number of pyridine rings is 1. The summed E-state index contributed by atoms with van der Waals surface area (Å²) in [6, 6.07) is 9.00. The van der Waals surface area contributed by atoms with Gasteiger partial charge in [0.1, 0.15) is 17.4 Å². The van der Waals surface area contributed by atoms with Crippen LogP contribution in [0.25, 0.3) is 0 Å². The van der Waals surface area contributed by atoms with Crippen molar-refractivity contribution in [2.45, 2.75) is 19.4 Å². The third-order valence-corrected chi connectivity index (χ3v) is 4.74. The van der Waals surface area contributed by atoms with E-state index in [0.29, 0.717) is 34.1 Å². The Morgan fingerprint density at radius 3 is 2.81 bits per heavy atom. The molecule has 8 heteroatoms. The van der Waals surface area contributed by atoms with Crippen molar-refractivity contribution in [2.75, 3.05) is 13.4 Å². The van der Waals surface area contributed by atoms with E-state index < -0.39 is 5.92 Å². The fraction of sp³-hybridized carbons (Fsp3) is 0.263. The minimum Gasteiger partial charge on any atom is -0.454 e. The summed E-state index contributed by atoms with van der Waals surface area (Å²) in [5.74, 6) is 0.714. The molecule has 1 aromatic carbocycles. The number of hydrogen-bond donors (Lipinski definition) is 2. The first-order valence-electron chi connectivity index (χ1n) is 8.37. The number of ether oxygens (including phenoxy) is 3. The molecule has 1 aromatic heterocycles. The number of hydrogen-bond acceptors (Lipinski definition) is 7. The van der Waals surface area contributed by atoms with Crippen molar-refractivity contribution in [3.63, 3.8) is 0 Å². The Morgan fingerprint density at radius 1 is 1.30 bits per heavy atom. The Hall–Kier alpha value is -3.44. The number of nitrogens with zero attached hydrogens (tertiary/aromatic N) is 2. The lowest BCUT2D eigenvalue weighted by molar-refractivity contribution is 0.174. The molecule has 8 nitrogen and oxygen atoms in total. The van der Waals surface area contributed by atoms with Gasteiger partial charge in [0.05, 0.1) is 18.1 Å². The molecule has 0 bridgehead atoms. The van der Waals surface area contributed by atoms with E-state index in [4.69, 9.17) is 19.9 Å². The topological polar surface area (TPSA) is 120 Å². The molecular formula is C19H17N3O5. The number of nitriles is 1. The quantitative estimate of drug-likeness (QED) is 0.833. The summed E-state index contributed by atoms with van der Waals surface area (Å²) in [6.45, 7) is 1.83. The van der Waals surface area contributed by atoms with Gasteiger partial charge in [-0.1, -0.05) is 6.07 Å². The SMILES string of the molecule is Cc1cc2c(c(=O)n1CCO)C(c1ccc3c(c1)OCO3)C(C#N)=C(N)O2. The monoisotopic (exact) mass is 367 g/mol. The average molecular weight is 367 g/mol. The highest BCUT2D eigenvalue weighted by Gasteiger charge is 2.35. The number of nitrogens with two attached hydrogens (primary N) is 1. The number of aryl methyl sites for hydroxylation is 1. The molecule has 3 heterocycles. The molecule has 0 amide bonds. The summed E-state index contributed by atoms with van der Waals surface area (Å²) >= 11 is 0. The van der Waals surface area contributed by atoms with Crippen LogP contribution >= 0.6 is 0 Å². The molecule has 0 radical (unpaired) electrons. The van der Waals surface area contributed by atoms with Crippen LogP contribution in [0.5, 0.6) is 17.2 Å². The van der Waals surface area contributed by atoms with Crippen LogP contribution in [0.3, 0.4) is 0 Å². The molecular weight excluding hydrogens is 350 g/mol. The first-order valence-corrected chi connectivity index (χ1v) is 8.37. The molecule has 1 atom stereocenters. The molecule has 0 aliphatic carbocycles. The number of fused-ring (bicyclic) bond motifs is 2. The highest BCUT2D eigenvalue weighted by atomic mass is 16.7. The van der Waals surface area contributed by atoms with Crippen LogP contribution in [0.15, 0.2) is 40.5 Å². The van der Waals surface area contributed by atoms with Crippen molar-refractivity contribution in [3.8, 4) is 23.3 Å². The van der Waals surface area contributed by atoms with E-state index in [-0.39, 0.29) is 37.0 Å². The molecule has 0 fully saturated rings. The van der Waals surface area contributed by atoms with E-state index in [1.165, 1.54) is 4.57 Å². The number of rotatable bonds is 3. The van der Waals surface area contributed by atoms with E-state index >= 15 is 0 Å².